The van der Waals surface area contributed by atoms with Crippen LogP contribution in [0.1, 0.15) is 47.0 Å². The first-order chi connectivity index (χ1) is 6.43. The highest BCUT2D eigenvalue weighted by Gasteiger charge is 2.41. The van der Waals surface area contributed by atoms with E-state index in [0.717, 1.165) is 19.0 Å². The fourth-order valence-electron chi connectivity index (χ4n) is 3.48. The second-order valence-corrected chi connectivity index (χ2v) is 5.87. The van der Waals surface area contributed by atoms with Gasteiger partial charge < -0.3 is 11.1 Å². The summed E-state index contributed by atoms with van der Waals surface area (Å²) in [6.07, 6.45) is 3.79. The minimum absolute atomic E-state index is 0.204. The van der Waals surface area contributed by atoms with Gasteiger partial charge in [-0.2, -0.15) is 0 Å². The molecule has 1 rings (SSSR count). The molecule has 2 unspecified atom stereocenters. The average Bonchev–Trinajstić information content (AvgIpc) is 2.00. The first-order valence-corrected chi connectivity index (χ1v) is 5.88. The molecule has 0 bridgehead atoms. The summed E-state index contributed by atoms with van der Waals surface area (Å²) >= 11 is 0. The minimum Gasteiger partial charge on any atom is -0.329 e. The van der Waals surface area contributed by atoms with Crippen molar-refractivity contribution in [2.45, 2.75) is 52.5 Å². The van der Waals surface area contributed by atoms with Crippen LogP contribution in [-0.4, -0.2) is 18.6 Å². The summed E-state index contributed by atoms with van der Waals surface area (Å²) in [7, 11) is 0. The largest absolute Gasteiger partial charge is 0.329 e. The maximum absolute atomic E-state index is 5.95. The van der Waals surface area contributed by atoms with E-state index in [4.69, 9.17) is 5.73 Å². The van der Waals surface area contributed by atoms with Gasteiger partial charge in [-0.1, -0.05) is 27.7 Å². The van der Waals surface area contributed by atoms with Gasteiger partial charge in [-0.3, -0.25) is 0 Å². The summed E-state index contributed by atoms with van der Waals surface area (Å²) in [6.45, 7) is 11.1. The first-order valence-electron chi connectivity index (χ1n) is 5.88. The molecule has 1 aliphatic carbocycles. The highest BCUT2D eigenvalue weighted by Crippen LogP contribution is 2.43. The Morgan fingerprint density at radius 1 is 1.36 bits per heavy atom. The molecule has 2 nitrogen and oxygen atoms in total. The molecule has 14 heavy (non-hydrogen) atoms. The maximum atomic E-state index is 5.95. The van der Waals surface area contributed by atoms with Crippen LogP contribution >= 0.6 is 0 Å². The topological polar surface area (TPSA) is 38.0 Å². The molecule has 0 aliphatic heterocycles. The molecule has 0 aromatic carbocycles. The van der Waals surface area contributed by atoms with Gasteiger partial charge in [0.25, 0.3) is 0 Å². The predicted octanol–water partition coefficient (Wildman–Crippen LogP) is 2.14. The Bertz CT molecular complexity index is 189. The van der Waals surface area contributed by atoms with Crippen molar-refractivity contribution in [2.75, 3.05) is 13.1 Å². The van der Waals surface area contributed by atoms with Crippen LogP contribution < -0.4 is 11.1 Å². The average molecular weight is 198 g/mol. The fourth-order valence-corrected chi connectivity index (χ4v) is 3.48. The van der Waals surface area contributed by atoms with E-state index in [1.54, 1.807) is 0 Å². The van der Waals surface area contributed by atoms with Crippen LogP contribution in [0.15, 0.2) is 0 Å². The van der Waals surface area contributed by atoms with Crippen molar-refractivity contribution >= 4 is 0 Å². The summed E-state index contributed by atoms with van der Waals surface area (Å²) in [6, 6.07) is 0. The molecular weight excluding hydrogens is 172 g/mol. The van der Waals surface area contributed by atoms with E-state index < -0.39 is 0 Å². The van der Waals surface area contributed by atoms with Crippen molar-refractivity contribution in [3.8, 4) is 0 Å². The van der Waals surface area contributed by atoms with E-state index >= 15 is 0 Å². The highest BCUT2D eigenvalue weighted by molar-refractivity contribution is 4.99. The van der Waals surface area contributed by atoms with E-state index in [1.165, 1.54) is 19.3 Å². The van der Waals surface area contributed by atoms with Gasteiger partial charge in [0.05, 0.1) is 0 Å². The van der Waals surface area contributed by atoms with E-state index in [1.807, 2.05) is 0 Å². The molecule has 0 amide bonds. The molecule has 0 saturated heterocycles. The predicted molar refractivity (Wildman–Crippen MR) is 62.3 cm³/mol. The molecule has 0 aromatic rings. The molecule has 0 aromatic heterocycles. The zero-order valence-corrected chi connectivity index (χ0v) is 10.2. The van der Waals surface area contributed by atoms with Crippen molar-refractivity contribution in [1.82, 2.24) is 5.32 Å². The summed E-state index contributed by atoms with van der Waals surface area (Å²) < 4.78 is 0. The molecule has 3 N–H and O–H groups in total. The Kier molecular flexibility index (Phi) is 3.59. The monoisotopic (exact) mass is 198 g/mol. The summed E-state index contributed by atoms with van der Waals surface area (Å²) in [5.74, 6) is 0.793. The van der Waals surface area contributed by atoms with E-state index in [-0.39, 0.29) is 5.54 Å². The molecule has 1 fully saturated rings. The Morgan fingerprint density at radius 2 is 2.00 bits per heavy atom. The third-order valence-corrected chi connectivity index (χ3v) is 3.40. The molecule has 0 radical (unpaired) electrons. The van der Waals surface area contributed by atoms with Crippen LogP contribution in [0.5, 0.6) is 0 Å². The lowest BCUT2D eigenvalue weighted by molar-refractivity contribution is 0.0877. The van der Waals surface area contributed by atoms with Gasteiger partial charge >= 0.3 is 0 Å². The summed E-state index contributed by atoms with van der Waals surface area (Å²) in [5, 5.41) is 3.61. The van der Waals surface area contributed by atoms with Crippen molar-refractivity contribution in [3.05, 3.63) is 0 Å². The van der Waals surface area contributed by atoms with E-state index in [0.29, 0.717) is 5.41 Å². The Balaban J connectivity index is 2.75. The molecule has 84 valence electrons. The molecule has 0 spiro atoms. The number of rotatable bonds is 3. The van der Waals surface area contributed by atoms with Gasteiger partial charge in [0.1, 0.15) is 0 Å². The second kappa shape index (κ2) is 4.19. The number of hydrogen-bond acceptors (Lipinski definition) is 2. The fraction of sp³-hybridized carbons (Fsp3) is 1.00. The van der Waals surface area contributed by atoms with Crippen LogP contribution in [0.4, 0.5) is 0 Å². The van der Waals surface area contributed by atoms with Crippen molar-refractivity contribution in [3.63, 3.8) is 0 Å². The third kappa shape index (κ3) is 2.71. The van der Waals surface area contributed by atoms with E-state index in [9.17, 15) is 0 Å². The zero-order chi connectivity index (χ0) is 10.8. The van der Waals surface area contributed by atoms with Gasteiger partial charge in [-0.05, 0) is 37.1 Å². The maximum Gasteiger partial charge on any atom is 0.0311 e. The summed E-state index contributed by atoms with van der Waals surface area (Å²) in [4.78, 5) is 0. The lowest BCUT2D eigenvalue weighted by Gasteiger charge is -2.47. The van der Waals surface area contributed by atoms with Crippen molar-refractivity contribution in [1.29, 1.82) is 0 Å². The lowest BCUT2D eigenvalue weighted by Crippen LogP contribution is -2.57. The van der Waals surface area contributed by atoms with Crippen LogP contribution in [0, 0.1) is 11.3 Å². The molecule has 2 atom stereocenters. The molecule has 1 aliphatic rings. The van der Waals surface area contributed by atoms with Crippen LogP contribution in [0.3, 0.4) is 0 Å². The molecular formula is C12H26N2. The quantitative estimate of drug-likeness (QED) is 0.729. The standard InChI is InChI=1S/C12H26N2/c1-5-14-12(9-13)7-10(2)6-11(3,4)8-12/h10,14H,5-9,13H2,1-4H3. The Labute approximate surface area is 88.6 Å². The number of likely N-dealkylation sites (N-methyl/N-ethyl adjacent to an activating group) is 1. The smallest absolute Gasteiger partial charge is 0.0311 e. The Morgan fingerprint density at radius 3 is 2.43 bits per heavy atom. The first kappa shape index (κ1) is 12.0. The minimum atomic E-state index is 0.204. The van der Waals surface area contributed by atoms with Gasteiger partial charge in [-0.15, -0.1) is 0 Å². The number of nitrogens with one attached hydrogen (secondary N) is 1. The van der Waals surface area contributed by atoms with Crippen LogP contribution in [-0.2, 0) is 0 Å². The van der Waals surface area contributed by atoms with Crippen molar-refractivity contribution < 1.29 is 0 Å². The second-order valence-electron chi connectivity index (χ2n) is 5.87. The van der Waals surface area contributed by atoms with Crippen LogP contribution in [0.25, 0.3) is 0 Å². The number of nitrogens with two attached hydrogens (primary N) is 1. The van der Waals surface area contributed by atoms with Gasteiger partial charge in [-0.25, -0.2) is 0 Å². The van der Waals surface area contributed by atoms with Crippen molar-refractivity contribution in [2.24, 2.45) is 17.1 Å². The molecule has 2 heteroatoms. The van der Waals surface area contributed by atoms with E-state index in [2.05, 4.69) is 33.0 Å². The molecule has 0 heterocycles. The third-order valence-electron chi connectivity index (χ3n) is 3.40. The van der Waals surface area contributed by atoms with Gasteiger partial charge in [0, 0.05) is 12.1 Å². The zero-order valence-electron chi connectivity index (χ0n) is 10.2. The lowest BCUT2D eigenvalue weighted by atomic mass is 9.64. The van der Waals surface area contributed by atoms with Gasteiger partial charge in [0.2, 0.25) is 0 Å². The van der Waals surface area contributed by atoms with Gasteiger partial charge in [0.15, 0.2) is 0 Å². The Hall–Kier alpha value is -0.0800. The highest BCUT2D eigenvalue weighted by atomic mass is 15.0. The molecule has 1 saturated carbocycles. The normalized spacial score (nSPS) is 37.1. The number of hydrogen-bond donors (Lipinski definition) is 2. The summed E-state index contributed by atoms with van der Waals surface area (Å²) in [5.41, 5.74) is 6.59. The van der Waals surface area contributed by atoms with Crippen LogP contribution in [0.2, 0.25) is 0 Å². The SMILES string of the molecule is CCNC1(CN)CC(C)CC(C)(C)C1.